The Labute approximate surface area is 375 Å². The van der Waals surface area contributed by atoms with Crippen LogP contribution < -0.4 is 22.1 Å². The number of ketones is 2. The second-order valence-electron chi connectivity index (χ2n) is 15.6. The highest BCUT2D eigenvalue weighted by molar-refractivity contribution is 6.00. The number of aromatic nitrogens is 2. The van der Waals surface area contributed by atoms with Crippen LogP contribution in [0.5, 0.6) is 0 Å². The summed E-state index contributed by atoms with van der Waals surface area (Å²) in [6.07, 6.45) is 3.59. The fourth-order valence-corrected chi connectivity index (χ4v) is 7.23. The number of methoxy groups -OCH3 is 2. The van der Waals surface area contributed by atoms with E-state index >= 15 is 0 Å². The van der Waals surface area contributed by atoms with Gasteiger partial charge in [0.2, 0.25) is 0 Å². The van der Waals surface area contributed by atoms with Crippen LogP contribution in [0.4, 0.5) is 0 Å². The van der Waals surface area contributed by atoms with Crippen LogP contribution in [0.2, 0.25) is 0 Å². The van der Waals surface area contributed by atoms with Gasteiger partial charge in [-0.1, -0.05) is 60.7 Å². The molecule has 2 aliphatic rings. The van der Waals surface area contributed by atoms with Gasteiger partial charge in [0.15, 0.2) is 24.1 Å². The summed E-state index contributed by atoms with van der Waals surface area (Å²) in [7, 11) is 6.22. The first kappa shape index (κ1) is 49.7. The third-order valence-corrected chi connectivity index (χ3v) is 10.6. The molecular weight excluding hydrogens is 821 g/mol. The molecule has 0 bridgehead atoms. The number of pyridine rings is 2. The molecule has 344 valence electrons. The van der Waals surface area contributed by atoms with E-state index in [2.05, 4.69) is 20.6 Å². The van der Waals surface area contributed by atoms with E-state index in [-0.39, 0.29) is 59.4 Å². The van der Waals surface area contributed by atoms with E-state index in [4.69, 9.17) is 39.9 Å². The summed E-state index contributed by atoms with van der Waals surface area (Å²) in [5.41, 5.74) is 15.6. The van der Waals surface area contributed by atoms with Crippen LogP contribution in [0.25, 0.3) is 0 Å². The van der Waals surface area contributed by atoms with Gasteiger partial charge in [0.1, 0.15) is 23.6 Å². The molecule has 2 atom stereocenters. The van der Waals surface area contributed by atoms with Crippen molar-refractivity contribution in [1.82, 2.24) is 20.6 Å². The predicted octanol–water partition coefficient (Wildman–Crippen LogP) is 5.24. The summed E-state index contributed by atoms with van der Waals surface area (Å²) in [5.74, 6) is -0.800. The first-order valence-electron chi connectivity index (χ1n) is 21.7. The first-order valence-corrected chi connectivity index (χ1v) is 21.7. The minimum atomic E-state index is -0.487. The Bertz CT molecular complexity index is 1940. The number of nitrogens with zero attached hydrogens (tertiary/aromatic N) is 2. The zero-order chi connectivity index (χ0) is 45.8. The normalized spacial score (nSPS) is 19.3. The van der Waals surface area contributed by atoms with E-state index in [0.29, 0.717) is 87.5 Å². The average molecular weight is 883 g/mol. The molecule has 2 aromatic carbocycles. The lowest BCUT2D eigenvalue weighted by molar-refractivity contribution is -0.188. The quantitative estimate of drug-likeness (QED) is 0.0658. The molecule has 16 nitrogen and oxygen atoms in total. The van der Waals surface area contributed by atoms with Crippen LogP contribution in [0, 0.1) is 0 Å². The Morgan fingerprint density at radius 2 is 0.953 bits per heavy atom. The zero-order valence-electron chi connectivity index (χ0n) is 37.2. The highest BCUT2D eigenvalue weighted by Gasteiger charge is 2.24. The topological polar surface area (TPSA) is 226 Å². The Kier molecular flexibility index (Phi) is 20.1. The van der Waals surface area contributed by atoms with E-state index < -0.39 is 12.2 Å². The molecule has 6 rings (SSSR count). The van der Waals surface area contributed by atoms with Crippen LogP contribution in [0.15, 0.2) is 84.9 Å². The number of benzene rings is 2. The number of rotatable bonds is 20. The molecule has 0 radical (unpaired) electrons. The molecule has 64 heavy (non-hydrogen) atoms. The number of nitrogens with one attached hydrogen (secondary N) is 2. The van der Waals surface area contributed by atoms with Crippen molar-refractivity contribution in [3.05, 3.63) is 130 Å². The Hall–Kier alpha value is -5.30. The number of nitrogens with two attached hydrogens (primary N) is 2. The van der Waals surface area contributed by atoms with Crippen molar-refractivity contribution in [3.63, 3.8) is 0 Å². The molecule has 0 aliphatic carbocycles. The third-order valence-electron chi connectivity index (χ3n) is 10.6. The van der Waals surface area contributed by atoms with Crippen molar-refractivity contribution in [2.24, 2.45) is 11.5 Å². The minimum Gasteiger partial charge on any atom is -0.370 e. The average Bonchev–Trinajstić information content (AvgIpc) is 3.33. The fourth-order valence-electron chi connectivity index (χ4n) is 7.23. The van der Waals surface area contributed by atoms with Gasteiger partial charge in [-0.2, -0.15) is 0 Å². The third kappa shape index (κ3) is 14.9. The largest absolute Gasteiger partial charge is 0.370 e. The molecule has 4 heterocycles. The summed E-state index contributed by atoms with van der Waals surface area (Å²) >= 11 is 0. The minimum absolute atomic E-state index is 0.0470. The van der Waals surface area contributed by atoms with Gasteiger partial charge in [0, 0.05) is 52.3 Å². The van der Waals surface area contributed by atoms with Gasteiger partial charge in [-0.3, -0.25) is 19.2 Å². The molecule has 0 unspecified atom stereocenters. The Balaban J connectivity index is 0.000000241. The highest BCUT2D eigenvalue weighted by atomic mass is 16.7. The fraction of sp³-hybridized carbons (Fsp3) is 0.458. The molecule has 0 saturated carbocycles. The molecule has 2 amide bonds. The first-order chi connectivity index (χ1) is 31.0. The zero-order valence-corrected chi connectivity index (χ0v) is 37.2. The number of amides is 2. The number of Topliss-reactive ketones (excluding diaryl/α,β-unsaturated/α-hetero) is 2. The van der Waals surface area contributed by atoms with Crippen LogP contribution in [-0.4, -0.2) is 113 Å². The van der Waals surface area contributed by atoms with Crippen LogP contribution >= 0.6 is 0 Å². The van der Waals surface area contributed by atoms with Crippen LogP contribution in [-0.2, 0) is 28.4 Å². The lowest BCUT2D eigenvalue weighted by atomic mass is 9.99. The number of carbonyl (C=O) groups excluding carboxylic acids is 4. The second kappa shape index (κ2) is 25.9. The Morgan fingerprint density at radius 3 is 1.28 bits per heavy atom. The monoisotopic (exact) mass is 882 g/mol. The molecule has 0 spiro atoms. The van der Waals surface area contributed by atoms with Gasteiger partial charge in [-0.05, 0) is 73.9 Å². The maximum Gasteiger partial charge on any atom is 0.269 e. The van der Waals surface area contributed by atoms with E-state index in [1.165, 1.54) is 26.2 Å². The number of carbonyl (C=O) groups is 4. The molecule has 2 aliphatic heterocycles. The molecule has 2 aromatic heterocycles. The molecule has 16 heteroatoms. The molecular formula is C48H62N6O10. The number of hydrogen-bond donors (Lipinski definition) is 4. The van der Waals surface area contributed by atoms with Gasteiger partial charge in [-0.25, -0.2) is 9.97 Å². The van der Waals surface area contributed by atoms with Gasteiger partial charge >= 0.3 is 0 Å². The maximum absolute atomic E-state index is 12.9. The predicted molar refractivity (Wildman–Crippen MR) is 239 cm³/mol. The van der Waals surface area contributed by atoms with Crippen LogP contribution in [0.3, 0.4) is 0 Å². The van der Waals surface area contributed by atoms with Gasteiger partial charge in [0.25, 0.3) is 11.8 Å². The van der Waals surface area contributed by atoms with E-state index in [0.717, 1.165) is 24.0 Å². The van der Waals surface area contributed by atoms with Crippen LogP contribution in [0.1, 0.15) is 128 Å². The van der Waals surface area contributed by atoms with Gasteiger partial charge in [-0.15, -0.1) is 0 Å². The van der Waals surface area contributed by atoms with Crippen molar-refractivity contribution in [3.8, 4) is 0 Å². The molecule has 6 N–H and O–H groups in total. The summed E-state index contributed by atoms with van der Waals surface area (Å²) in [5, 5.41) is 5.15. The number of ether oxygens (including phenoxy) is 6. The number of hydrogen-bond acceptors (Lipinski definition) is 14. The number of unbranched alkanes of at least 4 members (excludes halogenated alkanes) is 2. The van der Waals surface area contributed by atoms with Crippen molar-refractivity contribution < 1.29 is 47.6 Å². The van der Waals surface area contributed by atoms with E-state index in [1.54, 1.807) is 26.4 Å². The lowest BCUT2D eigenvalue weighted by Gasteiger charge is -2.27. The van der Waals surface area contributed by atoms with Crippen molar-refractivity contribution >= 4 is 23.4 Å². The van der Waals surface area contributed by atoms with Crippen molar-refractivity contribution in [2.75, 3.05) is 54.7 Å². The summed E-state index contributed by atoms with van der Waals surface area (Å²) in [4.78, 5) is 59.3. The molecule has 2 fully saturated rings. The SMILES string of the molecule is CNC(=O)c1cc(C(=O)CCCCC2OCC(N)CO2)cc([C@@H](OC)c2ccccc2)n1.CNC(=O)c1cc(C(=O)CCCCC2OCC(N)CO2)cc([C@H](OC)c2ccccc2)n1. The standard InChI is InChI=1S/2C24H31N3O5/c2*1-26-24(29)20-13-17(12-19(27-20)23(30-2)16-8-4-3-5-9-16)21(28)10-6-7-11-22-31-14-18(25)15-32-22/h2*3-5,8-9,12-13,18,22-23H,6-7,10-11,14-15,25H2,1-2H3,(H,26,29)/t2*18?,22?,23-/m10/s1. The smallest absolute Gasteiger partial charge is 0.269 e. The summed E-state index contributed by atoms with van der Waals surface area (Å²) in [6.45, 7) is 1.98. The molecule has 4 aromatic rings. The van der Waals surface area contributed by atoms with Gasteiger partial charge < -0.3 is 50.5 Å². The van der Waals surface area contributed by atoms with E-state index in [1.807, 2.05) is 60.7 Å². The maximum atomic E-state index is 12.9. The summed E-state index contributed by atoms with van der Waals surface area (Å²) in [6, 6.07) is 25.5. The lowest BCUT2D eigenvalue weighted by Crippen LogP contribution is -2.41. The van der Waals surface area contributed by atoms with Gasteiger partial charge in [0.05, 0.1) is 49.9 Å². The highest BCUT2D eigenvalue weighted by Crippen LogP contribution is 2.28. The molecule has 2 saturated heterocycles. The second-order valence-corrected chi connectivity index (χ2v) is 15.6. The van der Waals surface area contributed by atoms with Crippen molar-refractivity contribution in [1.29, 1.82) is 0 Å². The van der Waals surface area contributed by atoms with Crippen molar-refractivity contribution in [2.45, 2.75) is 88.2 Å². The summed E-state index contributed by atoms with van der Waals surface area (Å²) < 4.78 is 33.4. The van der Waals surface area contributed by atoms with E-state index in [9.17, 15) is 19.2 Å². The Morgan fingerprint density at radius 1 is 0.594 bits per heavy atom.